The molecule has 0 saturated carbocycles. The molecular formula is C28H23NO6. The maximum Gasteiger partial charge on any atom is 0.371 e. The van der Waals surface area contributed by atoms with Crippen molar-refractivity contribution in [2.75, 3.05) is 5.32 Å². The van der Waals surface area contributed by atoms with Crippen molar-refractivity contribution in [3.63, 3.8) is 0 Å². The zero-order valence-electron chi connectivity index (χ0n) is 18.8. The van der Waals surface area contributed by atoms with E-state index in [-0.39, 0.29) is 22.8 Å². The number of fused-ring (bicyclic) bond motifs is 2. The Morgan fingerprint density at radius 2 is 1.83 bits per heavy atom. The van der Waals surface area contributed by atoms with Gasteiger partial charge in [-0.2, -0.15) is 0 Å². The largest absolute Gasteiger partial charge is 0.490 e. The molecule has 1 atom stereocenters. The predicted molar refractivity (Wildman–Crippen MR) is 131 cm³/mol. The van der Waals surface area contributed by atoms with Crippen molar-refractivity contribution in [3.05, 3.63) is 105 Å². The van der Waals surface area contributed by atoms with Crippen LogP contribution in [0.3, 0.4) is 0 Å². The summed E-state index contributed by atoms with van der Waals surface area (Å²) in [6, 6.07) is 21.3. The van der Waals surface area contributed by atoms with Crippen LogP contribution in [0.25, 0.3) is 11.0 Å². The molecule has 7 nitrogen and oxygen atoms in total. The number of amides is 1. The van der Waals surface area contributed by atoms with Gasteiger partial charge in [0.05, 0.1) is 11.1 Å². The first-order chi connectivity index (χ1) is 17.0. The number of carboxylic acids is 1. The van der Waals surface area contributed by atoms with Crippen molar-refractivity contribution >= 4 is 28.5 Å². The van der Waals surface area contributed by atoms with Gasteiger partial charge < -0.3 is 19.6 Å². The van der Waals surface area contributed by atoms with Gasteiger partial charge >= 0.3 is 5.97 Å². The summed E-state index contributed by atoms with van der Waals surface area (Å²) in [5.41, 5.74) is 2.47. The molecule has 0 fully saturated rings. The average molecular weight is 469 g/mol. The summed E-state index contributed by atoms with van der Waals surface area (Å²) in [5.74, 6) is -1.45. The summed E-state index contributed by atoms with van der Waals surface area (Å²) in [6.07, 6.45) is 3.74. The molecule has 4 aromatic rings. The van der Waals surface area contributed by atoms with Crippen LogP contribution < -0.4 is 15.5 Å². The molecule has 1 amide bonds. The Morgan fingerprint density at radius 3 is 2.63 bits per heavy atom. The first-order valence-electron chi connectivity index (χ1n) is 11.4. The van der Waals surface area contributed by atoms with Crippen LogP contribution in [-0.2, 0) is 12.8 Å². The van der Waals surface area contributed by atoms with E-state index < -0.39 is 23.1 Å². The molecule has 0 bridgehead atoms. The van der Waals surface area contributed by atoms with Crippen LogP contribution in [0.2, 0.25) is 0 Å². The second-order valence-corrected chi connectivity index (χ2v) is 8.56. The third kappa shape index (κ3) is 4.80. The Morgan fingerprint density at radius 1 is 1.00 bits per heavy atom. The molecule has 5 rings (SSSR count). The zero-order valence-corrected chi connectivity index (χ0v) is 18.8. The molecule has 3 aromatic carbocycles. The quantitative estimate of drug-likeness (QED) is 0.391. The average Bonchev–Trinajstić information content (AvgIpc) is 3.27. The topological polar surface area (TPSA) is 106 Å². The fourth-order valence-corrected chi connectivity index (χ4v) is 4.38. The highest BCUT2D eigenvalue weighted by molar-refractivity contribution is 6.08. The number of para-hydroxylation sites is 1. The number of carbonyl (C=O) groups is 2. The molecule has 1 aliphatic heterocycles. The van der Waals surface area contributed by atoms with Gasteiger partial charge in [-0.3, -0.25) is 9.59 Å². The summed E-state index contributed by atoms with van der Waals surface area (Å²) < 4.78 is 11.5. The summed E-state index contributed by atoms with van der Waals surface area (Å²) in [7, 11) is 0. The second-order valence-electron chi connectivity index (χ2n) is 8.56. The third-order valence-corrected chi connectivity index (χ3v) is 6.11. The SMILES string of the molecule is O=C(Nc1cccc2c(=O)cc(C(=O)O)oc12)c1ccc2c(c1)CC(CCCc1ccccc1)O2. The monoisotopic (exact) mass is 469 g/mol. The van der Waals surface area contributed by atoms with Gasteiger partial charge in [-0.1, -0.05) is 36.4 Å². The van der Waals surface area contributed by atoms with Crippen molar-refractivity contribution in [3.8, 4) is 5.75 Å². The van der Waals surface area contributed by atoms with Crippen LogP contribution >= 0.6 is 0 Å². The highest BCUT2D eigenvalue weighted by atomic mass is 16.5. The lowest BCUT2D eigenvalue weighted by Crippen LogP contribution is -2.14. The number of nitrogens with one attached hydrogen (secondary N) is 1. The number of rotatable bonds is 7. The minimum absolute atomic E-state index is 0.0220. The lowest BCUT2D eigenvalue weighted by Gasteiger charge is -2.10. The van der Waals surface area contributed by atoms with E-state index in [0.29, 0.717) is 5.56 Å². The van der Waals surface area contributed by atoms with Gasteiger partial charge in [0.2, 0.25) is 5.76 Å². The van der Waals surface area contributed by atoms with Gasteiger partial charge in [-0.25, -0.2) is 4.79 Å². The molecule has 7 heteroatoms. The Bertz CT molecular complexity index is 1470. The fourth-order valence-electron chi connectivity index (χ4n) is 4.38. The zero-order chi connectivity index (χ0) is 24.4. The van der Waals surface area contributed by atoms with Crippen LogP contribution in [0.5, 0.6) is 5.75 Å². The first kappa shape index (κ1) is 22.4. The minimum Gasteiger partial charge on any atom is -0.490 e. The Hall–Kier alpha value is -4.39. The normalized spacial score (nSPS) is 14.3. The standard InChI is InChI=1S/C28H23NO6/c30-23-16-25(28(32)33)35-26-21(23)10-5-11-22(26)29-27(31)18-12-13-24-19(14-18)15-20(34-24)9-4-8-17-6-2-1-3-7-17/h1-3,5-7,10-14,16,20H,4,8-9,15H2,(H,29,31)(H,32,33). The van der Waals surface area contributed by atoms with E-state index in [1.165, 1.54) is 11.6 Å². The summed E-state index contributed by atoms with van der Waals surface area (Å²) >= 11 is 0. The van der Waals surface area contributed by atoms with E-state index in [1.807, 2.05) is 24.3 Å². The fraction of sp³-hybridized carbons (Fsp3) is 0.179. The first-order valence-corrected chi connectivity index (χ1v) is 11.4. The number of benzene rings is 3. The molecular weight excluding hydrogens is 446 g/mol. The molecule has 35 heavy (non-hydrogen) atoms. The van der Waals surface area contributed by atoms with Crippen LogP contribution in [0, 0.1) is 0 Å². The van der Waals surface area contributed by atoms with Gasteiger partial charge in [0.1, 0.15) is 11.9 Å². The molecule has 2 heterocycles. The second kappa shape index (κ2) is 9.46. The van der Waals surface area contributed by atoms with E-state index in [2.05, 4.69) is 17.4 Å². The van der Waals surface area contributed by atoms with Crippen LogP contribution in [-0.4, -0.2) is 23.1 Å². The molecule has 0 radical (unpaired) electrons. The van der Waals surface area contributed by atoms with Crippen LogP contribution in [0.4, 0.5) is 5.69 Å². The highest BCUT2D eigenvalue weighted by Gasteiger charge is 2.24. The molecule has 0 aliphatic carbocycles. The van der Waals surface area contributed by atoms with Crippen LogP contribution in [0.15, 0.2) is 82.0 Å². The Balaban J connectivity index is 1.28. The Kier molecular flexibility index (Phi) is 6.06. The number of aromatic carboxylic acids is 1. The van der Waals surface area contributed by atoms with Gasteiger partial charge in [0.25, 0.3) is 5.91 Å². The molecule has 0 spiro atoms. The molecule has 0 saturated heterocycles. The molecule has 1 unspecified atom stereocenters. The summed E-state index contributed by atoms with van der Waals surface area (Å²) in [4.78, 5) is 36.6. The highest BCUT2D eigenvalue weighted by Crippen LogP contribution is 2.32. The van der Waals surface area contributed by atoms with Crippen molar-refractivity contribution in [2.24, 2.45) is 0 Å². The molecule has 1 aromatic heterocycles. The van der Waals surface area contributed by atoms with Gasteiger partial charge in [-0.15, -0.1) is 0 Å². The van der Waals surface area contributed by atoms with Crippen molar-refractivity contribution in [2.45, 2.75) is 31.8 Å². The lowest BCUT2D eigenvalue weighted by molar-refractivity contribution is 0.0663. The summed E-state index contributed by atoms with van der Waals surface area (Å²) in [6.45, 7) is 0. The van der Waals surface area contributed by atoms with E-state index in [4.69, 9.17) is 9.15 Å². The number of carbonyl (C=O) groups excluding carboxylic acids is 1. The van der Waals surface area contributed by atoms with Gasteiger partial charge in [0, 0.05) is 18.1 Å². The van der Waals surface area contributed by atoms with Gasteiger partial charge in [-0.05, 0) is 60.7 Å². The lowest BCUT2D eigenvalue weighted by atomic mass is 10.0. The van der Waals surface area contributed by atoms with E-state index in [9.17, 15) is 19.5 Å². The van der Waals surface area contributed by atoms with Gasteiger partial charge in [0.15, 0.2) is 11.0 Å². The number of ether oxygens (including phenoxy) is 1. The van der Waals surface area contributed by atoms with E-state index in [0.717, 1.165) is 43.1 Å². The number of hydrogen-bond donors (Lipinski definition) is 2. The maximum atomic E-state index is 13.0. The molecule has 176 valence electrons. The van der Waals surface area contributed by atoms with Crippen LogP contribution in [0.1, 0.15) is 44.9 Å². The van der Waals surface area contributed by atoms with Crippen molar-refractivity contribution in [1.82, 2.24) is 0 Å². The number of hydrogen-bond acceptors (Lipinski definition) is 5. The predicted octanol–water partition coefficient (Wildman–Crippen LogP) is 5.07. The Labute approximate surface area is 201 Å². The minimum atomic E-state index is -1.36. The number of carboxylic acid groups (broad SMARTS) is 1. The number of anilines is 1. The summed E-state index contributed by atoms with van der Waals surface area (Å²) in [5, 5.41) is 12.1. The maximum absolute atomic E-state index is 13.0. The molecule has 2 N–H and O–H groups in total. The third-order valence-electron chi connectivity index (χ3n) is 6.11. The smallest absolute Gasteiger partial charge is 0.371 e. The van der Waals surface area contributed by atoms with Crippen molar-refractivity contribution in [1.29, 1.82) is 0 Å². The van der Waals surface area contributed by atoms with E-state index >= 15 is 0 Å². The number of aryl methyl sites for hydroxylation is 1. The van der Waals surface area contributed by atoms with E-state index in [1.54, 1.807) is 24.3 Å². The molecule has 1 aliphatic rings. The van der Waals surface area contributed by atoms with Crippen molar-refractivity contribution < 1.29 is 23.8 Å².